The smallest absolute Gasteiger partial charge is 0.123 e. The summed E-state index contributed by atoms with van der Waals surface area (Å²) < 4.78 is 18.1. The summed E-state index contributed by atoms with van der Waals surface area (Å²) >= 11 is 0. The van der Waals surface area contributed by atoms with Gasteiger partial charge in [-0.15, -0.1) is 0 Å². The second kappa shape index (κ2) is 6.10. The van der Waals surface area contributed by atoms with Gasteiger partial charge in [0.2, 0.25) is 0 Å². The van der Waals surface area contributed by atoms with E-state index in [0.717, 1.165) is 38.0 Å². The third-order valence-corrected chi connectivity index (χ3v) is 3.42. The van der Waals surface area contributed by atoms with Crippen molar-refractivity contribution in [3.63, 3.8) is 0 Å². The van der Waals surface area contributed by atoms with Crippen LogP contribution < -0.4 is 11.3 Å². The molecule has 1 aliphatic heterocycles. The van der Waals surface area contributed by atoms with E-state index >= 15 is 0 Å². The van der Waals surface area contributed by atoms with E-state index in [1.54, 1.807) is 0 Å². The molecule has 0 spiro atoms. The number of nitrogens with one attached hydrogen (secondary N) is 1. The number of nitrogens with two attached hydrogens (primary N) is 1. The van der Waals surface area contributed by atoms with Gasteiger partial charge in [0.25, 0.3) is 0 Å². The van der Waals surface area contributed by atoms with Gasteiger partial charge in [0.15, 0.2) is 0 Å². The van der Waals surface area contributed by atoms with Gasteiger partial charge in [0.05, 0.1) is 0 Å². The van der Waals surface area contributed by atoms with Crippen LogP contribution in [0.25, 0.3) is 0 Å². The van der Waals surface area contributed by atoms with Gasteiger partial charge in [-0.2, -0.15) is 0 Å². The van der Waals surface area contributed by atoms with Gasteiger partial charge in [-0.1, -0.05) is 12.1 Å². The summed E-state index contributed by atoms with van der Waals surface area (Å²) in [5.41, 5.74) is 4.00. The van der Waals surface area contributed by atoms with Crippen molar-refractivity contribution in [3.8, 4) is 0 Å². The predicted octanol–water partition coefficient (Wildman–Crippen LogP) is 1.63. The zero-order chi connectivity index (χ0) is 12.1. The number of rotatable bonds is 4. The Hall–Kier alpha value is -0.970. The fourth-order valence-corrected chi connectivity index (χ4v) is 2.35. The molecule has 17 heavy (non-hydrogen) atoms. The van der Waals surface area contributed by atoms with Gasteiger partial charge in [-0.25, -0.2) is 4.39 Å². The van der Waals surface area contributed by atoms with Crippen molar-refractivity contribution in [2.75, 3.05) is 13.2 Å². The maximum Gasteiger partial charge on any atom is 0.123 e. The number of hydrazine groups is 1. The number of hydrogen-bond donors (Lipinski definition) is 2. The van der Waals surface area contributed by atoms with Gasteiger partial charge >= 0.3 is 0 Å². The van der Waals surface area contributed by atoms with Crippen molar-refractivity contribution >= 4 is 0 Å². The molecule has 3 nitrogen and oxygen atoms in total. The predicted molar refractivity (Wildman–Crippen MR) is 64.8 cm³/mol. The molecule has 1 saturated heterocycles. The lowest BCUT2D eigenvalue weighted by Crippen LogP contribution is -2.44. The highest BCUT2D eigenvalue weighted by Crippen LogP contribution is 2.21. The van der Waals surface area contributed by atoms with E-state index in [4.69, 9.17) is 10.6 Å². The summed E-state index contributed by atoms with van der Waals surface area (Å²) in [6, 6.07) is 6.86. The lowest BCUT2D eigenvalue weighted by Gasteiger charge is -2.29. The highest BCUT2D eigenvalue weighted by molar-refractivity contribution is 5.17. The van der Waals surface area contributed by atoms with Gasteiger partial charge in [-0.3, -0.25) is 11.3 Å². The average Bonchev–Trinajstić information content (AvgIpc) is 2.39. The normalized spacial score (nSPS) is 19.2. The Morgan fingerprint density at radius 3 is 2.53 bits per heavy atom. The van der Waals surface area contributed by atoms with Crippen LogP contribution in [0.1, 0.15) is 18.4 Å². The summed E-state index contributed by atoms with van der Waals surface area (Å²) in [5.74, 6) is 5.96. The summed E-state index contributed by atoms with van der Waals surface area (Å²) in [6.45, 7) is 1.62. The quantitative estimate of drug-likeness (QED) is 0.619. The van der Waals surface area contributed by atoms with E-state index in [1.807, 2.05) is 12.1 Å². The number of ether oxygens (including phenoxy) is 1. The second-order valence-electron chi connectivity index (χ2n) is 4.55. The minimum absolute atomic E-state index is 0.197. The standard InChI is InChI=1S/C13H19FN2O/c14-12-3-1-10(2-4-12)9-13(16-15)11-5-7-17-8-6-11/h1-4,11,13,16H,5-9,15H2. The Morgan fingerprint density at radius 1 is 1.29 bits per heavy atom. The molecule has 0 amide bonds. The van der Waals surface area contributed by atoms with E-state index in [0.29, 0.717) is 5.92 Å². The minimum Gasteiger partial charge on any atom is -0.381 e. The van der Waals surface area contributed by atoms with Crippen molar-refractivity contribution < 1.29 is 9.13 Å². The molecule has 94 valence electrons. The molecule has 1 aliphatic rings. The minimum atomic E-state index is -0.197. The molecule has 1 unspecified atom stereocenters. The molecule has 0 aliphatic carbocycles. The first-order chi connectivity index (χ1) is 8.29. The first kappa shape index (κ1) is 12.5. The SMILES string of the molecule is NNC(Cc1ccc(F)cc1)C1CCOCC1. The molecule has 1 atom stereocenters. The summed E-state index contributed by atoms with van der Waals surface area (Å²) in [6.07, 6.45) is 2.91. The van der Waals surface area contributed by atoms with Crippen LogP contribution in [0, 0.1) is 11.7 Å². The Morgan fingerprint density at radius 2 is 1.94 bits per heavy atom. The van der Waals surface area contributed by atoms with Gasteiger partial charge in [-0.05, 0) is 42.9 Å². The van der Waals surface area contributed by atoms with E-state index in [-0.39, 0.29) is 11.9 Å². The first-order valence-corrected chi connectivity index (χ1v) is 6.08. The van der Waals surface area contributed by atoms with E-state index in [1.165, 1.54) is 12.1 Å². The van der Waals surface area contributed by atoms with E-state index in [2.05, 4.69) is 5.43 Å². The average molecular weight is 238 g/mol. The van der Waals surface area contributed by atoms with Gasteiger partial charge in [0.1, 0.15) is 5.82 Å². The zero-order valence-corrected chi connectivity index (χ0v) is 9.86. The van der Waals surface area contributed by atoms with Crippen LogP contribution in [-0.2, 0) is 11.2 Å². The monoisotopic (exact) mass is 238 g/mol. The topological polar surface area (TPSA) is 47.3 Å². The third-order valence-electron chi connectivity index (χ3n) is 3.42. The molecule has 4 heteroatoms. The van der Waals surface area contributed by atoms with Crippen molar-refractivity contribution in [1.82, 2.24) is 5.43 Å². The molecule has 0 bridgehead atoms. The van der Waals surface area contributed by atoms with Gasteiger partial charge < -0.3 is 4.74 Å². The molecule has 0 aromatic heterocycles. The fraction of sp³-hybridized carbons (Fsp3) is 0.538. The van der Waals surface area contributed by atoms with E-state index in [9.17, 15) is 4.39 Å². The largest absolute Gasteiger partial charge is 0.381 e. The Balaban J connectivity index is 1.96. The highest BCUT2D eigenvalue weighted by atomic mass is 19.1. The molecule has 1 aromatic carbocycles. The summed E-state index contributed by atoms with van der Waals surface area (Å²) in [5, 5.41) is 0. The van der Waals surface area contributed by atoms with Crippen LogP contribution in [0.3, 0.4) is 0 Å². The maximum atomic E-state index is 12.8. The molecule has 1 aromatic rings. The first-order valence-electron chi connectivity index (χ1n) is 6.08. The lowest BCUT2D eigenvalue weighted by atomic mass is 9.88. The third kappa shape index (κ3) is 3.49. The van der Waals surface area contributed by atoms with E-state index < -0.39 is 0 Å². The van der Waals surface area contributed by atoms with Gasteiger partial charge in [0, 0.05) is 19.3 Å². The molecule has 0 saturated carbocycles. The Kier molecular flexibility index (Phi) is 4.48. The molecule has 1 heterocycles. The Labute approximate surface area is 101 Å². The van der Waals surface area contributed by atoms with Crippen LogP contribution in [0.15, 0.2) is 24.3 Å². The molecule has 2 rings (SSSR count). The van der Waals surface area contributed by atoms with Crippen molar-refractivity contribution in [3.05, 3.63) is 35.6 Å². The van der Waals surface area contributed by atoms with Crippen LogP contribution in [0.4, 0.5) is 4.39 Å². The Bertz CT molecular complexity index is 336. The lowest BCUT2D eigenvalue weighted by molar-refractivity contribution is 0.0538. The number of hydrogen-bond acceptors (Lipinski definition) is 3. The molecular formula is C13H19FN2O. The number of halogens is 1. The van der Waals surface area contributed by atoms with Crippen LogP contribution in [-0.4, -0.2) is 19.3 Å². The summed E-state index contributed by atoms with van der Waals surface area (Å²) in [7, 11) is 0. The fourth-order valence-electron chi connectivity index (χ4n) is 2.35. The van der Waals surface area contributed by atoms with Crippen molar-refractivity contribution in [1.29, 1.82) is 0 Å². The molecule has 0 radical (unpaired) electrons. The second-order valence-corrected chi connectivity index (χ2v) is 4.55. The number of benzene rings is 1. The molecular weight excluding hydrogens is 219 g/mol. The zero-order valence-electron chi connectivity index (χ0n) is 9.86. The van der Waals surface area contributed by atoms with Crippen molar-refractivity contribution in [2.45, 2.75) is 25.3 Å². The van der Waals surface area contributed by atoms with Crippen molar-refractivity contribution in [2.24, 2.45) is 11.8 Å². The summed E-state index contributed by atoms with van der Waals surface area (Å²) in [4.78, 5) is 0. The molecule has 3 N–H and O–H groups in total. The van der Waals surface area contributed by atoms with Crippen LogP contribution in [0.5, 0.6) is 0 Å². The highest BCUT2D eigenvalue weighted by Gasteiger charge is 2.23. The van der Waals surface area contributed by atoms with Crippen LogP contribution in [0.2, 0.25) is 0 Å². The maximum absolute atomic E-state index is 12.8. The molecule has 1 fully saturated rings. The van der Waals surface area contributed by atoms with Crippen LogP contribution >= 0.6 is 0 Å².